The molecule has 6 nitrogen and oxygen atoms in total. The summed E-state index contributed by atoms with van der Waals surface area (Å²) < 4.78 is 51.8. The van der Waals surface area contributed by atoms with E-state index in [1.165, 1.54) is 49.4 Å². The summed E-state index contributed by atoms with van der Waals surface area (Å²) in [5.41, 5.74) is 4.71. The molecule has 0 spiro atoms. The van der Waals surface area contributed by atoms with E-state index < -0.39 is 29.1 Å². The summed E-state index contributed by atoms with van der Waals surface area (Å²) >= 11 is 0. The molecule has 3 fully saturated rings. The number of carbonyl (C=O) groups is 1. The van der Waals surface area contributed by atoms with Crippen LogP contribution in [0.1, 0.15) is 37.7 Å². The van der Waals surface area contributed by atoms with Gasteiger partial charge in [0.05, 0.1) is 25.0 Å². The summed E-state index contributed by atoms with van der Waals surface area (Å²) in [7, 11) is 1.52. The minimum absolute atomic E-state index is 0.000976. The molecule has 5 rings (SSSR count). The third-order valence-electron chi connectivity index (χ3n) is 5.90. The second kappa shape index (κ2) is 7.76. The number of carbonyl (C=O) groups excluding carboxylic acids is 1. The number of hydrogen-bond acceptors (Lipinski definition) is 5. The second-order valence-corrected chi connectivity index (χ2v) is 8.36. The fraction of sp³-hybridized carbons (Fsp3) is 0.619. The van der Waals surface area contributed by atoms with E-state index in [0.717, 1.165) is 0 Å². The molecule has 2 heterocycles. The maximum atomic E-state index is 14.7. The smallest absolute Gasteiger partial charge is 0.255 e. The number of aliphatic imine (C=N–C) groups is 1. The van der Waals surface area contributed by atoms with Gasteiger partial charge in [0, 0.05) is 25.6 Å². The first-order chi connectivity index (χ1) is 14.2. The Morgan fingerprint density at radius 2 is 2.03 bits per heavy atom. The summed E-state index contributed by atoms with van der Waals surface area (Å²) in [4.78, 5) is 18.4. The minimum Gasteiger partial charge on any atom is -0.493 e. The van der Waals surface area contributed by atoms with Gasteiger partial charge in [0.25, 0.3) is 5.92 Å². The normalized spacial score (nSPS) is 31.1. The second-order valence-electron chi connectivity index (χ2n) is 8.36. The molecule has 2 aliphatic heterocycles. The van der Waals surface area contributed by atoms with Gasteiger partial charge >= 0.3 is 0 Å². The van der Waals surface area contributed by atoms with Crippen LogP contribution in [0.4, 0.5) is 13.2 Å². The first-order valence-electron chi connectivity index (χ1n) is 10.3. The first-order valence-corrected chi connectivity index (χ1v) is 10.3. The fourth-order valence-electron chi connectivity index (χ4n) is 3.73. The van der Waals surface area contributed by atoms with Gasteiger partial charge in [-0.3, -0.25) is 9.69 Å². The van der Waals surface area contributed by atoms with E-state index in [1.54, 1.807) is 0 Å². The predicted octanol–water partition coefficient (Wildman–Crippen LogP) is 3.05. The predicted molar refractivity (Wildman–Crippen MR) is 104 cm³/mol. The molecular formula is C21H26F3N3O3. The van der Waals surface area contributed by atoms with Gasteiger partial charge in [-0.25, -0.2) is 18.2 Å². The molecule has 0 radical (unpaired) electrons. The third kappa shape index (κ3) is 3.99. The molecule has 164 valence electrons. The summed E-state index contributed by atoms with van der Waals surface area (Å²) in [6.45, 7) is 0.201. The molecule has 2 aliphatic carbocycles. The zero-order valence-electron chi connectivity index (χ0n) is 16.9. The Morgan fingerprint density at radius 3 is 2.67 bits per heavy atom. The standard InChI is InChI=1S/C18H20F3N3O3.C3H6/c1-24-15(25)12-4-5-26-9-17(12,23-16(24)22)13-6-11(2-3-14(13)19)27-8-10-7-18(10,20)21;1-2-3-1/h2-3,6,10,12H,4-5,7-9H2,1H3,(H2,22,23);1-3H2. The Morgan fingerprint density at radius 1 is 1.33 bits per heavy atom. The number of fused-ring (bicyclic) bond motifs is 1. The fourth-order valence-corrected chi connectivity index (χ4v) is 3.73. The summed E-state index contributed by atoms with van der Waals surface area (Å²) in [6, 6.07) is 3.97. The van der Waals surface area contributed by atoms with Crippen molar-refractivity contribution < 1.29 is 27.4 Å². The van der Waals surface area contributed by atoms with Gasteiger partial charge in [0.2, 0.25) is 5.91 Å². The number of hydrogen-bond donors (Lipinski definition) is 1. The highest BCUT2D eigenvalue weighted by Gasteiger charge is 2.57. The van der Waals surface area contributed by atoms with Crippen molar-refractivity contribution in [2.24, 2.45) is 22.6 Å². The molecule has 3 atom stereocenters. The van der Waals surface area contributed by atoms with Crippen LogP contribution in [0.5, 0.6) is 5.75 Å². The van der Waals surface area contributed by atoms with Crippen molar-refractivity contribution in [1.29, 1.82) is 0 Å². The van der Waals surface area contributed by atoms with Gasteiger partial charge in [0.15, 0.2) is 5.96 Å². The van der Waals surface area contributed by atoms with E-state index >= 15 is 0 Å². The van der Waals surface area contributed by atoms with Crippen molar-refractivity contribution in [3.8, 4) is 5.75 Å². The molecule has 0 aromatic heterocycles. The number of guanidine groups is 1. The van der Waals surface area contributed by atoms with Crippen molar-refractivity contribution in [3.05, 3.63) is 29.6 Å². The van der Waals surface area contributed by atoms with Crippen LogP contribution in [-0.2, 0) is 15.1 Å². The molecule has 0 bridgehead atoms. The Labute approximate surface area is 173 Å². The Hall–Kier alpha value is -2.29. The number of ether oxygens (including phenoxy) is 2. The number of alkyl halides is 2. The van der Waals surface area contributed by atoms with Crippen molar-refractivity contribution in [2.45, 2.75) is 43.6 Å². The third-order valence-corrected chi connectivity index (χ3v) is 5.90. The average molecular weight is 425 g/mol. The van der Waals surface area contributed by atoms with Crippen LogP contribution in [0.15, 0.2) is 23.2 Å². The highest BCUT2D eigenvalue weighted by Crippen LogP contribution is 2.49. The highest BCUT2D eigenvalue weighted by atomic mass is 19.3. The monoisotopic (exact) mass is 425 g/mol. The number of amides is 1. The zero-order valence-corrected chi connectivity index (χ0v) is 16.9. The lowest BCUT2D eigenvalue weighted by Crippen LogP contribution is -2.58. The SMILES string of the molecule is C1CC1.CN1C(=O)C2CCOCC2(c2cc(OCC3CC3(F)F)ccc2F)N=C1N. The molecule has 30 heavy (non-hydrogen) atoms. The van der Waals surface area contributed by atoms with Crippen LogP contribution < -0.4 is 10.5 Å². The lowest BCUT2D eigenvalue weighted by atomic mass is 9.74. The van der Waals surface area contributed by atoms with Gasteiger partial charge in [-0.15, -0.1) is 0 Å². The van der Waals surface area contributed by atoms with Crippen LogP contribution in [0.2, 0.25) is 0 Å². The summed E-state index contributed by atoms with van der Waals surface area (Å²) in [6.07, 6.45) is 4.67. The molecule has 2 saturated carbocycles. The van der Waals surface area contributed by atoms with Crippen molar-refractivity contribution in [1.82, 2.24) is 4.90 Å². The van der Waals surface area contributed by atoms with Crippen LogP contribution in [0.3, 0.4) is 0 Å². The summed E-state index contributed by atoms with van der Waals surface area (Å²) in [5.74, 6) is -4.76. The Bertz CT molecular complexity index is 858. The summed E-state index contributed by atoms with van der Waals surface area (Å²) in [5, 5.41) is 0. The number of benzene rings is 1. The van der Waals surface area contributed by atoms with Gasteiger partial charge in [0.1, 0.15) is 17.1 Å². The lowest BCUT2D eigenvalue weighted by molar-refractivity contribution is -0.140. The van der Waals surface area contributed by atoms with Crippen LogP contribution in [0, 0.1) is 17.7 Å². The molecule has 1 amide bonds. The van der Waals surface area contributed by atoms with E-state index in [0.29, 0.717) is 13.0 Å². The number of halogens is 3. The molecule has 9 heteroatoms. The highest BCUT2D eigenvalue weighted by molar-refractivity contribution is 6.00. The van der Waals surface area contributed by atoms with Crippen LogP contribution in [-0.4, -0.2) is 49.6 Å². The van der Waals surface area contributed by atoms with Crippen molar-refractivity contribution >= 4 is 11.9 Å². The van der Waals surface area contributed by atoms with Gasteiger partial charge < -0.3 is 15.2 Å². The minimum atomic E-state index is -2.69. The van der Waals surface area contributed by atoms with E-state index in [9.17, 15) is 18.0 Å². The molecule has 1 saturated heterocycles. The lowest BCUT2D eigenvalue weighted by Gasteiger charge is -2.45. The molecule has 2 N–H and O–H groups in total. The van der Waals surface area contributed by atoms with E-state index in [4.69, 9.17) is 15.2 Å². The van der Waals surface area contributed by atoms with Gasteiger partial charge in [-0.05, 0) is 24.6 Å². The Balaban J connectivity index is 0.000000667. The number of rotatable bonds is 4. The molecule has 4 aliphatic rings. The zero-order chi connectivity index (χ0) is 21.5. The quantitative estimate of drug-likeness (QED) is 0.805. The van der Waals surface area contributed by atoms with Crippen molar-refractivity contribution in [3.63, 3.8) is 0 Å². The largest absolute Gasteiger partial charge is 0.493 e. The van der Waals surface area contributed by atoms with E-state index in [1.807, 2.05) is 0 Å². The Kier molecular flexibility index (Phi) is 5.42. The molecule has 1 aromatic carbocycles. The van der Waals surface area contributed by atoms with Crippen LogP contribution in [0.25, 0.3) is 0 Å². The van der Waals surface area contributed by atoms with Crippen molar-refractivity contribution in [2.75, 3.05) is 26.9 Å². The first kappa shape index (κ1) is 21.0. The number of nitrogens with two attached hydrogens (primary N) is 1. The van der Waals surface area contributed by atoms with Gasteiger partial charge in [-0.1, -0.05) is 19.3 Å². The van der Waals surface area contributed by atoms with E-state index in [-0.39, 0.29) is 42.8 Å². The maximum Gasteiger partial charge on any atom is 0.255 e. The number of nitrogens with zero attached hydrogens (tertiary/aromatic N) is 2. The maximum absolute atomic E-state index is 14.7. The molecular weight excluding hydrogens is 399 g/mol. The topological polar surface area (TPSA) is 77.2 Å². The van der Waals surface area contributed by atoms with Gasteiger partial charge in [-0.2, -0.15) is 0 Å². The average Bonchev–Trinajstić information content (AvgIpc) is 3.64. The molecule has 3 unspecified atom stereocenters. The van der Waals surface area contributed by atoms with E-state index in [2.05, 4.69) is 4.99 Å². The van der Waals surface area contributed by atoms with Crippen LogP contribution >= 0.6 is 0 Å². The molecule has 1 aromatic rings.